The largest absolute Gasteiger partial charge is 0.496 e. The molecule has 0 heterocycles. The molecule has 0 unspecified atom stereocenters. The van der Waals surface area contributed by atoms with Gasteiger partial charge in [-0.3, -0.25) is 4.79 Å². The van der Waals surface area contributed by atoms with Crippen LogP contribution in [0.2, 0.25) is 0 Å². The van der Waals surface area contributed by atoms with Gasteiger partial charge in [0.2, 0.25) is 5.91 Å². The van der Waals surface area contributed by atoms with E-state index >= 15 is 0 Å². The van der Waals surface area contributed by atoms with Gasteiger partial charge in [0.25, 0.3) is 0 Å². The molecule has 0 radical (unpaired) electrons. The molecule has 0 bridgehead atoms. The molecule has 0 aromatic heterocycles. The minimum absolute atomic E-state index is 0.0403. The Labute approximate surface area is 152 Å². The minimum atomic E-state index is 0.0403. The van der Waals surface area contributed by atoms with E-state index in [2.05, 4.69) is 39.1 Å². The zero-order valence-electron chi connectivity index (χ0n) is 16.8. The second kappa shape index (κ2) is 10.1. The summed E-state index contributed by atoms with van der Waals surface area (Å²) in [6.45, 7) is 10.7. The summed E-state index contributed by atoms with van der Waals surface area (Å²) in [5.41, 5.74) is 5.99. The summed E-state index contributed by atoms with van der Waals surface area (Å²) in [6.07, 6.45) is 6.24. The first-order chi connectivity index (χ1) is 11.8. The molecule has 4 nitrogen and oxygen atoms in total. The summed E-state index contributed by atoms with van der Waals surface area (Å²) in [6, 6.07) is 0. The van der Waals surface area contributed by atoms with Crippen molar-refractivity contribution >= 4 is 5.91 Å². The van der Waals surface area contributed by atoms with E-state index in [1.54, 1.807) is 21.1 Å². The highest BCUT2D eigenvalue weighted by molar-refractivity contribution is 5.72. The fourth-order valence-electron chi connectivity index (χ4n) is 3.16. The topological polar surface area (TPSA) is 47.6 Å². The van der Waals surface area contributed by atoms with Crippen molar-refractivity contribution in [2.24, 2.45) is 0 Å². The van der Waals surface area contributed by atoms with Crippen molar-refractivity contribution < 1.29 is 14.3 Å². The molecule has 1 amide bonds. The SMILES string of the molecule is COc1c(C)c(C)c(OC)c(CC=C(C)CCCCNC(C)=O)c1C. The fraction of sp³-hybridized carbons (Fsp3) is 0.571. The van der Waals surface area contributed by atoms with Gasteiger partial charge in [0.05, 0.1) is 14.2 Å². The summed E-state index contributed by atoms with van der Waals surface area (Å²) in [5.74, 6) is 1.96. The van der Waals surface area contributed by atoms with Gasteiger partial charge in [-0.2, -0.15) is 0 Å². The first-order valence-corrected chi connectivity index (χ1v) is 8.94. The van der Waals surface area contributed by atoms with Gasteiger partial charge >= 0.3 is 0 Å². The van der Waals surface area contributed by atoms with Crippen molar-refractivity contribution in [2.75, 3.05) is 20.8 Å². The molecule has 0 saturated carbocycles. The number of amides is 1. The van der Waals surface area contributed by atoms with Crippen LogP contribution in [-0.4, -0.2) is 26.7 Å². The van der Waals surface area contributed by atoms with Gasteiger partial charge in [0.1, 0.15) is 11.5 Å². The summed E-state index contributed by atoms with van der Waals surface area (Å²) in [4.78, 5) is 10.9. The normalized spacial score (nSPS) is 11.4. The van der Waals surface area contributed by atoms with Crippen LogP contribution in [0.5, 0.6) is 11.5 Å². The second-order valence-corrected chi connectivity index (χ2v) is 6.61. The van der Waals surface area contributed by atoms with Crippen LogP contribution in [0, 0.1) is 20.8 Å². The maximum absolute atomic E-state index is 10.9. The Morgan fingerprint density at radius 1 is 0.960 bits per heavy atom. The van der Waals surface area contributed by atoms with Crippen LogP contribution in [0.4, 0.5) is 0 Å². The van der Waals surface area contributed by atoms with E-state index in [0.717, 1.165) is 60.4 Å². The van der Waals surface area contributed by atoms with E-state index in [9.17, 15) is 4.79 Å². The molecule has 0 aliphatic rings. The fourth-order valence-corrected chi connectivity index (χ4v) is 3.16. The van der Waals surface area contributed by atoms with Crippen LogP contribution in [0.1, 0.15) is 55.4 Å². The van der Waals surface area contributed by atoms with Crippen molar-refractivity contribution in [3.8, 4) is 11.5 Å². The van der Waals surface area contributed by atoms with Crippen LogP contribution < -0.4 is 14.8 Å². The number of unbranched alkanes of at least 4 members (excludes halogenated alkanes) is 1. The van der Waals surface area contributed by atoms with Crippen LogP contribution in [0.25, 0.3) is 0 Å². The number of methoxy groups -OCH3 is 2. The lowest BCUT2D eigenvalue weighted by molar-refractivity contribution is -0.118. The molecule has 0 aliphatic heterocycles. The van der Waals surface area contributed by atoms with Gasteiger partial charge < -0.3 is 14.8 Å². The highest BCUT2D eigenvalue weighted by atomic mass is 16.5. The summed E-state index contributed by atoms with van der Waals surface area (Å²) < 4.78 is 11.3. The first-order valence-electron chi connectivity index (χ1n) is 8.94. The monoisotopic (exact) mass is 347 g/mol. The number of hydrogen-bond acceptors (Lipinski definition) is 3. The van der Waals surface area contributed by atoms with Crippen LogP contribution in [0.3, 0.4) is 0 Å². The molecule has 1 aromatic rings. The number of nitrogens with one attached hydrogen (secondary N) is 1. The van der Waals surface area contributed by atoms with Crippen LogP contribution in [0.15, 0.2) is 11.6 Å². The van der Waals surface area contributed by atoms with Gasteiger partial charge in [-0.15, -0.1) is 0 Å². The third-order valence-electron chi connectivity index (χ3n) is 4.75. The van der Waals surface area contributed by atoms with Gasteiger partial charge in [-0.1, -0.05) is 11.6 Å². The second-order valence-electron chi connectivity index (χ2n) is 6.61. The molecule has 1 rings (SSSR count). The molecule has 0 spiro atoms. The zero-order valence-corrected chi connectivity index (χ0v) is 16.8. The average Bonchev–Trinajstić information content (AvgIpc) is 2.56. The van der Waals surface area contributed by atoms with Crippen molar-refractivity contribution in [3.05, 3.63) is 33.9 Å². The Bertz CT molecular complexity index is 633. The molecule has 25 heavy (non-hydrogen) atoms. The molecule has 4 heteroatoms. The van der Waals surface area contributed by atoms with Gasteiger partial charge in [0, 0.05) is 19.0 Å². The molecular formula is C21H33NO3. The Kier molecular flexibility index (Phi) is 8.53. The Hall–Kier alpha value is -1.97. The maximum Gasteiger partial charge on any atom is 0.216 e. The highest BCUT2D eigenvalue weighted by Crippen LogP contribution is 2.38. The van der Waals surface area contributed by atoms with Crippen LogP contribution in [-0.2, 0) is 11.2 Å². The number of benzene rings is 1. The van der Waals surface area contributed by atoms with E-state index in [4.69, 9.17) is 9.47 Å². The van der Waals surface area contributed by atoms with Crippen molar-refractivity contribution in [3.63, 3.8) is 0 Å². The molecule has 1 aromatic carbocycles. The third-order valence-corrected chi connectivity index (χ3v) is 4.75. The molecule has 0 fully saturated rings. The number of ether oxygens (including phenoxy) is 2. The van der Waals surface area contributed by atoms with Gasteiger partial charge in [0.15, 0.2) is 0 Å². The number of carbonyl (C=O) groups is 1. The first kappa shape index (κ1) is 21.1. The van der Waals surface area contributed by atoms with E-state index in [1.807, 2.05) is 0 Å². The molecule has 1 N–H and O–H groups in total. The molecule has 0 saturated heterocycles. The predicted molar refractivity (Wildman–Crippen MR) is 104 cm³/mol. The lowest BCUT2D eigenvalue weighted by Crippen LogP contribution is -2.20. The standard InChI is InChI=1S/C21H33NO3/c1-14(10-8-9-13-22-18(5)23)11-12-19-17(4)20(24-6)15(2)16(3)21(19)25-7/h11H,8-10,12-13H2,1-7H3,(H,22,23). The van der Waals surface area contributed by atoms with Gasteiger partial charge in [-0.25, -0.2) is 0 Å². The minimum Gasteiger partial charge on any atom is -0.496 e. The summed E-state index contributed by atoms with van der Waals surface area (Å²) >= 11 is 0. The maximum atomic E-state index is 10.9. The van der Waals surface area contributed by atoms with Gasteiger partial charge in [-0.05, 0) is 70.1 Å². The lowest BCUT2D eigenvalue weighted by atomic mass is 9.94. The number of allylic oxidation sites excluding steroid dienone is 2. The van der Waals surface area contributed by atoms with Crippen molar-refractivity contribution in [2.45, 2.75) is 60.3 Å². The molecule has 0 atom stereocenters. The summed E-state index contributed by atoms with van der Waals surface area (Å²) in [5, 5.41) is 2.83. The molecule has 140 valence electrons. The Morgan fingerprint density at radius 3 is 2.12 bits per heavy atom. The lowest BCUT2D eigenvalue weighted by Gasteiger charge is -2.20. The van der Waals surface area contributed by atoms with E-state index < -0.39 is 0 Å². The van der Waals surface area contributed by atoms with E-state index in [1.165, 1.54) is 11.1 Å². The zero-order chi connectivity index (χ0) is 19.0. The number of rotatable bonds is 9. The average molecular weight is 347 g/mol. The third kappa shape index (κ3) is 5.80. The Morgan fingerprint density at radius 2 is 1.56 bits per heavy atom. The smallest absolute Gasteiger partial charge is 0.216 e. The predicted octanol–water partition coefficient (Wildman–Crippen LogP) is 4.42. The van der Waals surface area contributed by atoms with E-state index in [-0.39, 0.29) is 5.91 Å². The van der Waals surface area contributed by atoms with Crippen molar-refractivity contribution in [1.82, 2.24) is 5.32 Å². The molecular weight excluding hydrogens is 314 g/mol. The Balaban J connectivity index is 2.81. The molecule has 0 aliphatic carbocycles. The van der Waals surface area contributed by atoms with Crippen molar-refractivity contribution in [1.29, 1.82) is 0 Å². The quantitative estimate of drug-likeness (QED) is 0.531. The highest BCUT2D eigenvalue weighted by Gasteiger charge is 2.17. The summed E-state index contributed by atoms with van der Waals surface area (Å²) in [7, 11) is 3.46. The number of carbonyl (C=O) groups excluding carboxylic acids is 1. The van der Waals surface area contributed by atoms with Crippen LogP contribution >= 0.6 is 0 Å². The van der Waals surface area contributed by atoms with E-state index in [0.29, 0.717) is 0 Å². The number of hydrogen-bond donors (Lipinski definition) is 1.